The minimum absolute atomic E-state index is 0.0813. The third kappa shape index (κ3) is 5.39. The number of benzene rings is 1. The van der Waals surface area contributed by atoms with E-state index in [0.717, 1.165) is 38.2 Å². The summed E-state index contributed by atoms with van der Waals surface area (Å²) in [5.41, 5.74) is 1.50. The highest BCUT2D eigenvalue weighted by Crippen LogP contribution is 2.27. The topological polar surface area (TPSA) is 43.9 Å². The van der Waals surface area contributed by atoms with Gasteiger partial charge in [0, 0.05) is 51.1 Å². The van der Waals surface area contributed by atoms with Gasteiger partial charge in [-0.05, 0) is 44.5 Å². The molecule has 2 aliphatic heterocycles. The van der Waals surface area contributed by atoms with Crippen LogP contribution < -0.4 is 4.90 Å². The lowest BCUT2D eigenvalue weighted by molar-refractivity contribution is -0.118. The number of ketones is 1. The summed E-state index contributed by atoms with van der Waals surface area (Å²) in [4.78, 5) is 31.7. The third-order valence-electron chi connectivity index (χ3n) is 5.76. The predicted molar refractivity (Wildman–Crippen MR) is 109 cm³/mol. The largest absolute Gasteiger partial charge is 0.312 e. The molecule has 5 nitrogen and oxygen atoms in total. The van der Waals surface area contributed by atoms with Crippen LogP contribution in [0.3, 0.4) is 0 Å². The van der Waals surface area contributed by atoms with Gasteiger partial charge in [0.25, 0.3) is 0 Å². The number of carbonyl (C=O) groups excluding carboxylic acids is 2. The summed E-state index contributed by atoms with van der Waals surface area (Å²) in [6.07, 6.45) is 5.29. The van der Waals surface area contributed by atoms with Crippen LogP contribution in [0.15, 0.2) is 24.3 Å². The minimum atomic E-state index is 0.0813. The van der Waals surface area contributed by atoms with Gasteiger partial charge in [-0.2, -0.15) is 0 Å². The summed E-state index contributed by atoms with van der Waals surface area (Å²) < 4.78 is 0. The van der Waals surface area contributed by atoms with Crippen molar-refractivity contribution in [1.82, 2.24) is 9.80 Å². The number of para-hydroxylation sites is 1. The number of rotatable bonds is 8. The van der Waals surface area contributed by atoms with E-state index >= 15 is 0 Å². The molecule has 27 heavy (non-hydrogen) atoms. The van der Waals surface area contributed by atoms with Gasteiger partial charge in [0.2, 0.25) is 5.91 Å². The van der Waals surface area contributed by atoms with E-state index in [1.807, 2.05) is 29.2 Å². The number of fused-ring (bicyclic) bond motifs is 1. The molecule has 0 atom stereocenters. The zero-order valence-corrected chi connectivity index (χ0v) is 16.7. The lowest BCUT2D eigenvalue weighted by atomic mass is 10.1. The van der Waals surface area contributed by atoms with E-state index in [4.69, 9.17) is 0 Å². The number of piperazine rings is 1. The highest BCUT2D eigenvalue weighted by molar-refractivity contribution is 6.09. The van der Waals surface area contributed by atoms with E-state index in [-0.39, 0.29) is 11.7 Å². The fraction of sp³-hybridized carbons (Fsp3) is 0.636. The van der Waals surface area contributed by atoms with Gasteiger partial charge in [-0.3, -0.25) is 9.59 Å². The van der Waals surface area contributed by atoms with Crippen LogP contribution in [-0.4, -0.2) is 67.3 Å². The Morgan fingerprint density at radius 1 is 0.815 bits per heavy atom. The molecule has 0 N–H and O–H groups in total. The quantitative estimate of drug-likeness (QED) is 0.658. The van der Waals surface area contributed by atoms with Gasteiger partial charge < -0.3 is 14.7 Å². The van der Waals surface area contributed by atoms with Crippen LogP contribution in [-0.2, 0) is 4.79 Å². The van der Waals surface area contributed by atoms with E-state index < -0.39 is 0 Å². The molecule has 0 unspecified atom stereocenters. The van der Waals surface area contributed by atoms with Crippen molar-refractivity contribution in [2.24, 2.45) is 0 Å². The summed E-state index contributed by atoms with van der Waals surface area (Å²) >= 11 is 0. The van der Waals surface area contributed by atoms with Crippen molar-refractivity contribution in [1.29, 1.82) is 0 Å². The molecule has 5 heteroatoms. The molecule has 1 aromatic rings. The Balaban J connectivity index is 1.44. The Kier molecular flexibility index (Phi) is 7.41. The second-order valence-corrected chi connectivity index (χ2v) is 7.73. The highest BCUT2D eigenvalue weighted by atomic mass is 16.2. The fourth-order valence-electron chi connectivity index (χ4n) is 4.04. The lowest BCUT2D eigenvalue weighted by Crippen LogP contribution is -2.46. The van der Waals surface area contributed by atoms with Gasteiger partial charge in [0.15, 0.2) is 5.78 Å². The molecule has 0 aromatic heterocycles. The van der Waals surface area contributed by atoms with Crippen molar-refractivity contribution in [3.8, 4) is 0 Å². The second-order valence-electron chi connectivity index (χ2n) is 7.73. The zero-order chi connectivity index (χ0) is 19.1. The highest BCUT2D eigenvalue weighted by Gasteiger charge is 2.26. The summed E-state index contributed by atoms with van der Waals surface area (Å²) in [5.74, 6) is 0.167. The lowest BCUT2D eigenvalue weighted by Gasteiger charge is -2.34. The fourth-order valence-corrected chi connectivity index (χ4v) is 4.04. The monoisotopic (exact) mass is 371 g/mol. The first-order valence-electron chi connectivity index (χ1n) is 10.6. The average Bonchev–Trinajstić information content (AvgIpc) is 2.82. The molecule has 1 amide bonds. The van der Waals surface area contributed by atoms with Gasteiger partial charge >= 0.3 is 0 Å². The first-order chi connectivity index (χ1) is 13.2. The predicted octanol–water partition coefficient (Wildman–Crippen LogP) is 3.19. The Morgan fingerprint density at radius 2 is 1.44 bits per heavy atom. The molecule has 1 fully saturated rings. The molecule has 2 heterocycles. The van der Waals surface area contributed by atoms with Crippen molar-refractivity contribution in [3.05, 3.63) is 29.8 Å². The molecular weight excluding hydrogens is 338 g/mol. The van der Waals surface area contributed by atoms with Crippen molar-refractivity contribution in [2.45, 2.75) is 45.4 Å². The van der Waals surface area contributed by atoms with Crippen LogP contribution in [0.2, 0.25) is 0 Å². The molecule has 1 aromatic carbocycles. The summed E-state index contributed by atoms with van der Waals surface area (Å²) in [7, 11) is 0. The van der Waals surface area contributed by atoms with Gasteiger partial charge in [-0.25, -0.2) is 0 Å². The Bertz CT molecular complexity index is 638. The van der Waals surface area contributed by atoms with Gasteiger partial charge in [-0.1, -0.05) is 25.5 Å². The first-order valence-corrected chi connectivity index (χ1v) is 10.6. The Morgan fingerprint density at radius 3 is 2.15 bits per heavy atom. The molecule has 3 rings (SSSR count). The number of anilines is 1. The number of Topliss-reactive ketones (excluding diaryl/α,β-unsaturated/α-hetero) is 1. The molecule has 0 aliphatic carbocycles. The van der Waals surface area contributed by atoms with Crippen LogP contribution in [0.5, 0.6) is 0 Å². The maximum atomic E-state index is 12.5. The van der Waals surface area contributed by atoms with Crippen molar-refractivity contribution in [2.75, 3.05) is 50.7 Å². The smallest absolute Gasteiger partial charge is 0.227 e. The summed E-state index contributed by atoms with van der Waals surface area (Å²) in [6.45, 7) is 9.97. The van der Waals surface area contributed by atoms with Gasteiger partial charge in [-0.15, -0.1) is 0 Å². The second kappa shape index (κ2) is 10.00. The van der Waals surface area contributed by atoms with Gasteiger partial charge in [0.05, 0.1) is 5.69 Å². The third-order valence-corrected chi connectivity index (χ3v) is 5.76. The molecule has 2 aliphatic rings. The average molecular weight is 372 g/mol. The van der Waals surface area contributed by atoms with Crippen molar-refractivity contribution in [3.63, 3.8) is 0 Å². The van der Waals surface area contributed by atoms with E-state index in [0.29, 0.717) is 24.9 Å². The molecule has 0 bridgehead atoms. The zero-order valence-electron chi connectivity index (χ0n) is 16.7. The van der Waals surface area contributed by atoms with Crippen molar-refractivity contribution < 1.29 is 9.59 Å². The Hall–Kier alpha value is -1.72. The SMILES string of the molecule is CCCCN1CCN(CCCCN2C(=O)CCC(=O)c3ccccc32)CC1. The van der Waals surface area contributed by atoms with Crippen LogP contribution in [0.25, 0.3) is 0 Å². The number of hydrogen-bond donors (Lipinski definition) is 0. The van der Waals surface area contributed by atoms with E-state index in [1.54, 1.807) is 0 Å². The first kappa shape index (κ1) is 20.0. The van der Waals surface area contributed by atoms with E-state index in [9.17, 15) is 9.59 Å². The van der Waals surface area contributed by atoms with Gasteiger partial charge in [0.1, 0.15) is 0 Å². The summed E-state index contributed by atoms with van der Waals surface area (Å²) in [5, 5.41) is 0. The van der Waals surface area contributed by atoms with E-state index in [1.165, 1.54) is 32.5 Å². The molecular formula is C22H33N3O2. The number of unbranched alkanes of at least 4 members (excludes halogenated alkanes) is 2. The Labute approximate surface area is 163 Å². The normalized spacial score (nSPS) is 19.2. The molecule has 1 saturated heterocycles. The molecule has 0 spiro atoms. The maximum absolute atomic E-state index is 12.5. The number of carbonyl (C=O) groups is 2. The standard InChI is InChI=1S/C22H33N3O2/c1-2-3-12-23-15-17-24(18-16-23)13-6-7-14-25-20-9-5-4-8-19(20)21(26)10-11-22(25)27/h4-5,8-9H,2-3,6-7,10-18H2,1H3. The van der Waals surface area contributed by atoms with Crippen LogP contribution in [0.1, 0.15) is 55.8 Å². The van der Waals surface area contributed by atoms with E-state index in [2.05, 4.69) is 16.7 Å². The number of hydrogen-bond acceptors (Lipinski definition) is 4. The molecule has 148 valence electrons. The van der Waals surface area contributed by atoms with Crippen LogP contribution in [0, 0.1) is 0 Å². The molecule has 0 radical (unpaired) electrons. The maximum Gasteiger partial charge on any atom is 0.227 e. The summed E-state index contributed by atoms with van der Waals surface area (Å²) in [6, 6.07) is 7.55. The molecule has 0 saturated carbocycles. The minimum Gasteiger partial charge on any atom is -0.312 e. The van der Waals surface area contributed by atoms with Crippen LogP contribution >= 0.6 is 0 Å². The number of nitrogens with zero attached hydrogens (tertiary/aromatic N) is 3. The van der Waals surface area contributed by atoms with Crippen LogP contribution in [0.4, 0.5) is 5.69 Å². The van der Waals surface area contributed by atoms with Crippen molar-refractivity contribution >= 4 is 17.4 Å². The number of amides is 1.